The van der Waals surface area contributed by atoms with Crippen LogP contribution in [0, 0.1) is 19.8 Å². The van der Waals surface area contributed by atoms with E-state index in [2.05, 4.69) is 10.5 Å². The zero-order valence-electron chi connectivity index (χ0n) is 17.9. The standard InChI is InChI=1S/C20H23F3N4O5S/c1-12-17(13(2)32-26-12)33(30,31)27-9-5-6-14(10-27)18(28)25-16-8-4-3-7-15(16)19(29)24-11-20(21,22)23/h3-4,7-8,14H,5-6,9-11H2,1-2H3,(H,24,29)(H,25,28). The van der Waals surface area contributed by atoms with Crippen molar-refractivity contribution in [2.45, 2.75) is 37.8 Å². The van der Waals surface area contributed by atoms with Gasteiger partial charge in [-0.25, -0.2) is 8.42 Å². The summed E-state index contributed by atoms with van der Waals surface area (Å²) in [5, 5.41) is 8.00. The van der Waals surface area contributed by atoms with Crippen LogP contribution in [-0.4, -0.2) is 55.5 Å². The van der Waals surface area contributed by atoms with Crippen molar-refractivity contribution in [2.75, 3.05) is 25.0 Å². The van der Waals surface area contributed by atoms with E-state index in [0.29, 0.717) is 12.8 Å². The minimum absolute atomic E-state index is 0.0322. The fraction of sp³-hybridized carbons (Fsp3) is 0.450. The van der Waals surface area contributed by atoms with Gasteiger partial charge in [-0.05, 0) is 38.8 Å². The number of sulfonamides is 1. The van der Waals surface area contributed by atoms with Gasteiger partial charge in [0.2, 0.25) is 15.9 Å². The van der Waals surface area contributed by atoms with Crippen LogP contribution >= 0.6 is 0 Å². The molecule has 2 amide bonds. The van der Waals surface area contributed by atoms with Crippen LogP contribution in [0.2, 0.25) is 0 Å². The predicted molar refractivity (Wildman–Crippen MR) is 111 cm³/mol. The lowest BCUT2D eigenvalue weighted by Crippen LogP contribution is -2.44. The van der Waals surface area contributed by atoms with Crippen molar-refractivity contribution >= 4 is 27.5 Å². The number of piperidine rings is 1. The maximum absolute atomic E-state index is 13.1. The minimum Gasteiger partial charge on any atom is -0.360 e. The number of nitrogens with zero attached hydrogens (tertiary/aromatic N) is 2. The molecular weight excluding hydrogens is 465 g/mol. The Morgan fingerprint density at radius 3 is 2.58 bits per heavy atom. The number of rotatable bonds is 6. The Morgan fingerprint density at radius 1 is 1.24 bits per heavy atom. The van der Waals surface area contributed by atoms with Gasteiger partial charge in [0.05, 0.1) is 17.2 Å². The number of aryl methyl sites for hydroxylation is 2. The molecule has 0 radical (unpaired) electrons. The third-order valence-corrected chi connectivity index (χ3v) is 7.31. The van der Waals surface area contributed by atoms with E-state index in [1.165, 1.54) is 42.4 Å². The Hall–Kier alpha value is -2.93. The Balaban J connectivity index is 1.73. The Kier molecular flexibility index (Phi) is 7.12. The van der Waals surface area contributed by atoms with Crippen molar-refractivity contribution in [3.63, 3.8) is 0 Å². The summed E-state index contributed by atoms with van der Waals surface area (Å²) in [5.41, 5.74) is 0.122. The molecule has 1 aromatic heterocycles. The number of hydrogen-bond acceptors (Lipinski definition) is 6. The summed E-state index contributed by atoms with van der Waals surface area (Å²) in [6.45, 7) is 1.61. The van der Waals surface area contributed by atoms with Gasteiger partial charge in [-0.3, -0.25) is 9.59 Å². The first-order valence-corrected chi connectivity index (χ1v) is 11.5. The van der Waals surface area contributed by atoms with Crippen LogP contribution in [0.3, 0.4) is 0 Å². The maximum atomic E-state index is 13.1. The fourth-order valence-electron chi connectivity index (χ4n) is 3.65. The number of anilines is 1. The zero-order chi connectivity index (χ0) is 24.4. The second kappa shape index (κ2) is 9.51. The number of nitrogens with one attached hydrogen (secondary N) is 2. The van der Waals surface area contributed by atoms with Gasteiger partial charge in [-0.2, -0.15) is 17.5 Å². The minimum atomic E-state index is -4.58. The first-order chi connectivity index (χ1) is 15.4. The molecule has 1 aliphatic heterocycles. The first kappa shape index (κ1) is 24.7. The fourth-order valence-corrected chi connectivity index (χ4v) is 5.46. The summed E-state index contributed by atoms with van der Waals surface area (Å²) in [6.07, 6.45) is -3.75. The Morgan fingerprint density at radius 2 is 1.94 bits per heavy atom. The topological polar surface area (TPSA) is 122 Å². The maximum Gasteiger partial charge on any atom is 0.405 e. The Labute approximate surface area is 188 Å². The monoisotopic (exact) mass is 488 g/mol. The molecule has 0 spiro atoms. The van der Waals surface area contributed by atoms with Gasteiger partial charge in [0.25, 0.3) is 5.91 Å². The number of halogens is 3. The molecule has 2 heterocycles. The highest BCUT2D eigenvalue weighted by molar-refractivity contribution is 7.89. The summed E-state index contributed by atoms with van der Waals surface area (Å²) in [5.74, 6) is -2.10. The molecule has 2 N–H and O–H groups in total. The van der Waals surface area contributed by atoms with Gasteiger partial charge < -0.3 is 15.2 Å². The molecule has 1 unspecified atom stereocenters. The third-order valence-electron chi connectivity index (χ3n) is 5.20. The lowest BCUT2D eigenvalue weighted by molar-refractivity contribution is -0.123. The summed E-state index contributed by atoms with van der Waals surface area (Å²) < 4.78 is 69.5. The lowest BCUT2D eigenvalue weighted by atomic mass is 9.98. The average molecular weight is 488 g/mol. The lowest BCUT2D eigenvalue weighted by Gasteiger charge is -2.31. The molecule has 1 atom stereocenters. The highest BCUT2D eigenvalue weighted by atomic mass is 32.2. The van der Waals surface area contributed by atoms with Gasteiger partial charge in [-0.15, -0.1) is 0 Å². The molecule has 1 fully saturated rings. The van der Waals surface area contributed by atoms with E-state index >= 15 is 0 Å². The number of alkyl halides is 3. The molecule has 9 nitrogen and oxygen atoms in total. The van der Waals surface area contributed by atoms with Crippen molar-refractivity contribution < 1.29 is 35.7 Å². The molecule has 0 aliphatic carbocycles. The molecular formula is C20H23F3N4O5S. The number of carbonyl (C=O) groups excluding carboxylic acids is 2. The molecule has 2 aromatic rings. The number of carbonyl (C=O) groups is 2. The van der Waals surface area contributed by atoms with E-state index in [0.717, 1.165) is 0 Å². The normalized spacial score (nSPS) is 17.5. The van der Waals surface area contributed by atoms with Crippen LogP contribution in [0.4, 0.5) is 18.9 Å². The van der Waals surface area contributed by atoms with E-state index in [1.54, 1.807) is 5.32 Å². The van der Waals surface area contributed by atoms with Crippen molar-refractivity contribution in [1.29, 1.82) is 0 Å². The highest BCUT2D eigenvalue weighted by Crippen LogP contribution is 2.28. The van der Waals surface area contributed by atoms with Crippen molar-refractivity contribution in [2.24, 2.45) is 5.92 Å². The van der Waals surface area contributed by atoms with Crippen LogP contribution in [-0.2, 0) is 14.8 Å². The number of aromatic nitrogens is 1. The van der Waals surface area contributed by atoms with Crippen molar-refractivity contribution in [1.82, 2.24) is 14.8 Å². The van der Waals surface area contributed by atoms with Crippen LogP contribution in [0.15, 0.2) is 33.7 Å². The van der Waals surface area contributed by atoms with E-state index in [1.807, 2.05) is 0 Å². The van der Waals surface area contributed by atoms with Gasteiger partial charge in [-0.1, -0.05) is 17.3 Å². The average Bonchev–Trinajstić information content (AvgIpc) is 3.10. The molecule has 0 bridgehead atoms. The number of hydrogen-bond donors (Lipinski definition) is 2. The van der Waals surface area contributed by atoms with Crippen LogP contribution < -0.4 is 10.6 Å². The van der Waals surface area contributed by atoms with Crippen molar-refractivity contribution in [3.05, 3.63) is 41.3 Å². The second-order valence-corrected chi connectivity index (χ2v) is 9.56. The molecule has 13 heteroatoms. The van der Waals surface area contributed by atoms with Gasteiger partial charge in [0.1, 0.15) is 17.1 Å². The summed E-state index contributed by atoms with van der Waals surface area (Å²) in [7, 11) is -3.94. The van der Waals surface area contributed by atoms with E-state index < -0.39 is 40.5 Å². The SMILES string of the molecule is Cc1noc(C)c1S(=O)(=O)N1CCCC(C(=O)Nc2ccccc2C(=O)NCC(F)(F)F)C1. The van der Waals surface area contributed by atoms with Gasteiger partial charge in [0, 0.05) is 13.1 Å². The van der Waals surface area contributed by atoms with E-state index in [-0.39, 0.29) is 40.7 Å². The first-order valence-electron chi connectivity index (χ1n) is 10.1. The molecule has 1 saturated heterocycles. The summed E-state index contributed by atoms with van der Waals surface area (Å²) >= 11 is 0. The van der Waals surface area contributed by atoms with E-state index in [4.69, 9.17) is 4.52 Å². The quantitative estimate of drug-likeness (QED) is 0.645. The number of amides is 2. The molecule has 180 valence electrons. The largest absolute Gasteiger partial charge is 0.405 e. The zero-order valence-corrected chi connectivity index (χ0v) is 18.7. The highest BCUT2D eigenvalue weighted by Gasteiger charge is 2.36. The van der Waals surface area contributed by atoms with Crippen LogP contribution in [0.25, 0.3) is 0 Å². The Bertz CT molecular complexity index is 1130. The van der Waals surface area contributed by atoms with Crippen LogP contribution in [0.1, 0.15) is 34.7 Å². The molecule has 1 aromatic carbocycles. The molecule has 1 aliphatic rings. The third kappa shape index (κ3) is 5.71. The number of para-hydroxylation sites is 1. The second-order valence-electron chi connectivity index (χ2n) is 7.69. The van der Waals surface area contributed by atoms with Gasteiger partial charge >= 0.3 is 6.18 Å². The molecule has 3 rings (SSSR count). The molecule has 33 heavy (non-hydrogen) atoms. The summed E-state index contributed by atoms with van der Waals surface area (Å²) in [6, 6.07) is 5.65. The summed E-state index contributed by atoms with van der Waals surface area (Å²) in [4.78, 5) is 25.0. The smallest absolute Gasteiger partial charge is 0.360 e. The van der Waals surface area contributed by atoms with E-state index in [9.17, 15) is 31.2 Å². The number of benzene rings is 1. The van der Waals surface area contributed by atoms with Crippen molar-refractivity contribution in [3.8, 4) is 0 Å². The van der Waals surface area contributed by atoms with Gasteiger partial charge in [0.15, 0.2) is 5.76 Å². The predicted octanol–water partition coefficient (Wildman–Crippen LogP) is 2.62. The van der Waals surface area contributed by atoms with Crippen LogP contribution in [0.5, 0.6) is 0 Å². The molecule has 0 saturated carbocycles.